The molecular weight excluding hydrogens is 248 g/mol. The van der Waals surface area contributed by atoms with E-state index in [4.69, 9.17) is 4.99 Å². The zero-order valence-electron chi connectivity index (χ0n) is 10.6. The van der Waals surface area contributed by atoms with Gasteiger partial charge in [-0.05, 0) is 41.7 Å². The molecule has 1 N–H and O–H groups in total. The molecule has 0 fully saturated rings. The van der Waals surface area contributed by atoms with Crippen LogP contribution in [-0.2, 0) is 0 Å². The first-order valence-electron chi connectivity index (χ1n) is 6.14. The number of thiophene rings is 1. The molecule has 2 unspecified atom stereocenters. The third-order valence-corrected chi connectivity index (χ3v) is 4.59. The van der Waals surface area contributed by atoms with Crippen molar-refractivity contribution in [1.29, 1.82) is 0 Å². The highest BCUT2D eigenvalue weighted by Crippen LogP contribution is 2.24. The number of nitrogens with zero attached hydrogens (tertiary/aromatic N) is 1. The summed E-state index contributed by atoms with van der Waals surface area (Å²) in [5, 5.41) is 8.95. The Bertz CT molecular complexity index is 371. The summed E-state index contributed by atoms with van der Waals surface area (Å²) in [5.41, 5.74) is 1.35. The fourth-order valence-corrected chi connectivity index (χ4v) is 3.75. The van der Waals surface area contributed by atoms with Crippen LogP contribution in [0.3, 0.4) is 0 Å². The van der Waals surface area contributed by atoms with Gasteiger partial charge in [-0.1, -0.05) is 25.6 Å². The Hall–Kier alpha value is -0.480. The maximum atomic E-state index is 4.75. The Balaban J connectivity index is 1.88. The van der Waals surface area contributed by atoms with Crippen molar-refractivity contribution in [3.63, 3.8) is 0 Å². The van der Waals surface area contributed by atoms with Gasteiger partial charge in [0.05, 0.1) is 12.1 Å². The van der Waals surface area contributed by atoms with Gasteiger partial charge in [-0.3, -0.25) is 4.99 Å². The summed E-state index contributed by atoms with van der Waals surface area (Å²) in [6.45, 7) is 6.72. The lowest BCUT2D eigenvalue weighted by atomic mass is 10.1. The van der Waals surface area contributed by atoms with Gasteiger partial charge < -0.3 is 5.32 Å². The third-order valence-electron chi connectivity index (χ3n) is 2.84. The molecule has 4 heteroatoms. The molecule has 0 radical (unpaired) electrons. The fourth-order valence-electron chi connectivity index (χ4n) is 1.95. The molecule has 0 spiro atoms. The zero-order valence-corrected chi connectivity index (χ0v) is 12.3. The van der Waals surface area contributed by atoms with E-state index in [0.717, 1.165) is 16.8 Å². The first kappa shape index (κ1) is 13.0. The minimum Gasteiger partial charge on any atom is -0.358 e. The van der Waals surface area contributed by atoms with Gasteiger partial charge in [-0.15, -0.1) is 0 Å². The Labute approximate surface area is 112 Å². The summed E-state index contributed by atoms with van der Waals surface area (Å²) in [4.78, 5) is 4.75. The summed E-state index contributed by atoms with van der Waals surface area (Å²) < 4.78 is 0. The maximum Gasteiger partial charge on any atom is 0.157 e. The van der Waals surface area contributed by atoms with Crippen molar-refractivity contribution < 1.29 is 0 Å². The second-order valence-corrected chi connectivity index (χ2v) is 6.74. The molecule has 2 nitrogen and oxygen atoms in total. The van der Waals surface area contributed by atoms with Crippen molar-refractivity contribution in [2.75, 3.05) is 5.75 Å². The van der Waals surface area contributed by atoms with Crippen molar-refractivity contribution in [3.8, 4) is 0 Å². The van der Waals surface area contributed by atoms with E-state index in [1.54, 1.807) is 11.3 Å². The molecule has 17 heavy (non-hydrogen) atoms. The molecule has 0 aromatic carbocycles. The monoisotopic (exact) mass is 268 g/mol. The molecule has 0 aliphatic carbocycles. The molecule has 0 amide bonds. The van der Waals surface area contributed by atoms with Crippen LogP contribution in [0.15, 0.2) is 21.8 Å². The molecule has 2 atom stereocenters. The highest BCUT2D eigenvalue weighted by molar-refractivity contribution is 8.14. The van der Waals surface area contributed by atoms with E-state index >= 15 is 0 Å². The van der Waals surface area contributed by atoms with Gasteiger partial charge in [0.25, 0.3) is 0 Å². The van der Waals surface area contributed by atoms with Gasteiger partial charge in [0.2, 0.25) is 0 Å². The van der Waals surface area contributed by atoms with Crippen LogP contribution in [0.1, 0.15) is 38.8 Å². The minimum atomic E-state index is 0.366. The molecule has 0 saturated heterocycles. The molecule has 1 aromatic heterocycles. The van der Waals surface area contributed by atoms with E-state index < -0.39 is 0 Å². The van der Waals surface area contributed by atoms with Crippen LogP contribution in [0, 0.1) is 5.92 Å². The van der Waals surface area contributed by atoms with E-state index in [1.807, 2.05) is 11.8 Å². The lowest BCUT2D eigenvalue weighted by Gasteiger charge is -2.12. The average molecular weight is 268 g/mol. The Kier molecular flexibility index (Phi) is 4.51. The SMILES string of the molecule is CC(C)CC1CSC(NC(C)c2ccsc2)=N1. The van der Waals surface area contributed by atoms with E-state index in [9.17, 15) is 0 Å². The van der Waals surface area contributed by atoms with Crippen molar-refractivity contribution in [2.45, 2.75) is 39.3 Å². The predicted octanol–water partition coefficient (Wildman–Crippen LogP) is 3.92. The largest absolute Gasteiger partial charge is 0.358 e. The first-order valence-corrected chi connectivity index (χ1v) is 8.07. The van der Waals surface area contributed by atoms with E-state index in [-0.39, 0.29) is 0 Å². The smallest absolute Gasteiger partial charge is 0.157 e. The molecule has 2 rings (SSSR count). The van der Waals surface area contributed by atoms with Crippen LogP contribution in [0.25, 0.3) is 0 Å². The standard InChI is InChI=1S/C13H20N2S2/c1-9(2)6-12-8-17-13(15-12)14-10(3)11-4-5-16-7-11/h4-5,7,9-10,12H,6,8H2,1-3H3,(H,14,15). The van der Waals surface area contributed by atoms with Crippen LogP contribution >= 0.6 is 23.1 Å². The van der Waals surface area contributed by atoms with Crippen LogP contribution in [0.2, 0.25) is 0 Å². The van der Waals surface area contributed by atoms with Crippen molar-refractivity contribution >= 4 is 28.3 Å². The number of thioether (sulfide) groups is 1. The van der Waals surface area contributed by atoms with Gasteiger partial charge in [0, 0.05) is 5.75 Å². The Morgan fingerprint density at radius 3 is 2.94 bits per heavy atom. The average Bonchev–Trinajstić information content (AvgIpc) is 2.87. The van der Waals surface area contributed by atoms with E-state index in [1.165, 1.54) is 12.0 Å². The number of amidine groups is 1. The summed E-state index contributed by atoms with van der Waals surface area (Å²) in [6.07, 6.45) is 1.20. The fraction of sp³-hybridized carbons (Fsp3) is 0.615. The summed E-state index contributed by atoms with van der Waals surface area (Å²) in [6, 6.07) is 3.05. The quantitative estimate of drug-likeness (QED) is 0.895. The number of rotatable bonds is 4. The van der Waals surface area contributed by atoms with Crippen LogP contribution in [-0.4, -0.2) is 17.0 Å². The molecule has 1 aliphatic heterocycles. The molecular formula is C13H20N2S2. The second-order valence-electron chi connectivity index (χ2n) is 4.95. The van der Waals surface area contributed by atoms with Crippen molar-refractivity contribution in [1.82, 2.24) is 5.32 Å². The van der Waals surface area contributed by atoms with E-state index in [0.29, 0.717) is 12.1 Å². The lowest BCUT2D eigenvalue weighted by molar-refractivity contribution is 0.528. The van der Waals surface area contributed by atoms with Gasteiger partial charge in [0.15, 0.2) is 5.17 Å². The number of hydrogen-bond donors (Lipinski definition) is 1. The number of hydrogen-bond acceptors (Lipinski definition) is 4. The summed E-state index contributed by atoms with van der Waals surface area (Å²) in [5.74, 6) is 1.87. The van der Waals surface area contributed by atoms with E-state index in [2.05, 4.69) is 42.9 Å². The zero-order chi connectivity index (χ0) is 12.3. The molecule has 94 valence electrons. The van der Waals surface area contributed by atoms with Gasteiger partial charge in [-0.2, -0.15) is 11.3 Å². The van der Waals surface area contributed by atoms with Gasteiger partial charge in [0.1, 0.15) is 0 Å². The highest BCUT2D eigenvalue weighted by Gasteiger charge is 2.20. The van der Waals surface area contributed by atoms with Crippen molar-refractivity contribution in [3.05, 3.63) is 22.4 Å². The maximum absolute atomic E-state index is 4.75. The topological polar surface area (TPSA) is 24.4 Å². The Morgan fingerprint density at radius 2 is 2.29 bits per heavy atom. The first-order chi connectivity index (χ1) is 8.15. The molecule has 1 aromatic rings. The molecule has 0 bridgehead atoms. The minimum absolute atomic E-state index is 0.366. The van der Waals surface area contributed by atoms with Crippen molar-refractivity contribution in [2.24, 2.45) is 10.9 Å². The van der Waals surface area contributed by atoms with Crippen LogP contribution in [0.5, 0.6) is 0 Å². The van der Waals surface area contributed by atoms with Gasteiger partial charge in [-0.25, -0.2) is 0 Å². The number of nitrogens with one attached hydrogen (secondary N) is 1. The lowest BCUT2D eigenvalue weighted by Crippen LogP contribution is -2.22. The third kappa shape index (κ3) is 3.75. The van der Waals surface area contributed by atoms with Gasteiger partial charge >= 0.3 is 0 Å². The van der Waals surface area contributed by atoms with Crippen LogP contribution in [0.4, 0.5) is 0 Å². The predicted molar refractivity (Wildman–Crippen MR) is 79.0 cm³/mol. The Morgan fingerprint density at radius 1 is 1.47 bits per heavy atom. The summed E-state index contributed by atoms with van der Waals surface area (Å²) in [7, 11) is 0. The molecule has 2 heterocycles. The number of aliphatic imine (C=N–C) groups is 1. The highest BCUT2D eigenvalue weighted by atomic mass is 32.2. The summed E-state index contributed by atoms with van der Waals surface area (Å²) >= 11 is 3.61. The second kappa shape index (κ2) is 5.91. The molecule has 1 aliphatic rings. The molecule has 0 saturated carbocycles. The van der Waals surface area contributed by atoms with Crippen LogP contribution < -0.4 is 5.32 Å². The normalized spacial score (nSPS) is 21.6.